The molecule has 0 spiro atoms. The smallest absolute Gasteiger partial charge is 0.225 e. The summed E-state index contributed by atoms with van der Waals surface area (Å²) in [5, 5.41) is 6.82. The number of halogens is 1. The lowest BCUT2D eigenvalue weighted by Gasteiger charge is -2.26. The average Bonchev–Trinajstić information content (AvgIpc) is 3.27. The van der Waals surface area contributed by atoms with Gasteiger partial charge in [0.15, 0.2) is 5.96 Å². The van der Waals surface area contributed by atoms with Crippen molar-refractivity contribution in [2.24, 2.45) is 18.0 Å². The van der Waals surface area contributed by atoms with Crippen LogP contribution in [-0.4, -0.2) is 47.5 Å². The second-order valence-corrected chi connectivity index (χ2v) is 7.36. The second-order valence-electron chi connectivity index (χ2n) is 7.36. The molecule has 3 rings (SSSR count). The fraction of sp³-hybridized carbons (Fsp3) is 0.684. The first-order valence-corrected chi connectivity index (χ1v) is 9.52. The Hall–Kier alpha value is -1.25. The van der Waals surface area contributed by atoms with Gasteiger partial charge in [0.25, 0.3) is 0 Å². The Morgan fingerprint density at radius 1 is 1.27 bits per heavy atom. The summed E-state index contributed by atoms with van der Waals surface area (Å²) in [6.07, 6.45) is 11.0. The molecule has 6 nitrogen and oxygen atoms in total. The lowest BCUT2D eigenvalue weighted by molar-refractivity contribution is -0.135. The Kier molecular flexibility index (Phi) is 8.24. The van der Waals surface area contributed by atoms with Gasteiger partial charge in [-0.15, -0.1) is 24.0 Å². The van der Waals surface area contributed by atoms with Gasteiger partial charge < -0.3 is 20.1 Å². The monoisotopic (exact) mass is 473 g/mol. The molecule has 146 valence electrons. The van der Waals surface area contributed by atoms with E-state index in [9.17, 15) is 4.79 Å². The number of amides is 1. The maximum Gasteiger partial charge on any atom is 0.225 e. The van der Waals surface area contributed by atoms with Gasteiger partial charge in [-0.1, -0.05) is 19.3 Å². The van der Waals surface area contributed by atoms with Gasteiger partial charge in [0, 0.05) is 58.1 Å². The molecule has 2 heterocycles. The molecule has 1 aliphatic heterocycles. The van der Waals surface area contributed by atoms with Crippen molar-refractivity contribution in [3.8, 4) is 0 Å². The number of guanidine groups is 1. The minimum absolute atomic E-state index is 0. The Morgan fingerprint density at radius 3 is 2.69 bits per heavy atom. The first kappa shape index (κ1) is 21.1. The molecule has 2 fully saturated rings. The van der Waals surface area contributed by atoms with Gasteiger partial charge in [0.1, 0.15) is 0 Å². The topological polar surface area (TPSA) is 61.7 Å². The zero-order chi connectivity index (χ0) is 17.6. The van der Waals surface area contributed by atoms with E-state index in [0.717, 1.165) is 44.9 Å². The number of hydrogen-bond acceptors (Lipinski definition) is 2. The largest absolute Gasteiger partial charge is 0.357 e. The number of nitrogens with zero attached hydrogens (tertiary/aromatic N) is 3. The normalized spacial score (nSPS) is 21.4. The maximum absolute atomic E-state index is 12.7. The van der Waals surface area contributed by atoms with Crippen LogP contribution in [-0.2, 0) is 18.4 Å². The molecular formula is C19H32IN5O. The Balaban J connectivity index is 0.00000243. The number of hydrogen-bond donors (Lipinski definition) is 2. The van der Waals surface area contributed by atoms with E-state index < -0.39 is 0 Å². The molecule has 1 atom stereocenters. The van der Waals surface area contributed by atoms with Crippen molar-refractivity contribution in [3.05, 3.63) is 24.0 Å². The molecule has 1 aromatic rings. The molecule has 2 N–H and O–H groups in total. The van der Waals surface area contributed by atoms with Crippen molar-refractivity contribution in [2.45, 2.75) is 51.1 Å². The van der Waals surface area contributed by atoms with Gasteiger partial charge >= 0.3 is 0 Å². The zero-order valence-electron chi connectivity index (χ0n) is 15.9. The third-order valence-electron chi connectivity index (χ3n) is 5.37. The number of rotatable bonds is 4. The van der Waals surface area contributed by atoms with E-state index in [1.807, 2.05) is 17.8 Å². The molecule has 7 heteroatoms. The summed E-state index contributed by atoms with van der Waals surface area (Å²) >= 11 is 0. The van der Waals surface area contributed by atoms with Crippen LogP contribution in [0.15, 0.2) is 23.5 Å². The van der Waals surface area contributed by atoms with Crippen molar-refractivity contribution >= 4 is 35.8 Å². The highest BCUT2D eigenvalue weighted by atomic mass is 127. The number of aryl methyl sites for hydroxylation is 1. The maximum atomic E-state index is 12.7. The molecule has 1 saturated carbocycles. The minimum Gasteiger partial charge on any atom is -0.357 e. The third-order valence-corrected chi connectivity index (χ3v) is 5.37. The van der Waals surface area contributed by atoms with Crippen LogP contribution in [0.5, 0.6) is 0 Å². The number of carbonyl (C=O) groups excluding carboxylic acids is 1. The molecule has 1 amide bonds. The van der Waals surface area contributed by atoms with Crippen LogP contribution in [0.4, 0.5) is 0 Å². The first-order chi connectivity index (χ1) is 12.2. The standard InChI is InChI=1S/C19H31N5O.HI/c1-20-19(21-12-15-8-10-23(2)13-15)22-17-9-11-24(14-17)18(25)16-6-4-3-5-7-16;/h8,10,13,16-17H,3-7,9,11-12,14H2,1-2H3,(H2,20,21,22);1H. The number of aliphatic imine (C=N–C) groups is 1. The van der Waals surface area contributed by atoms with Crippen LogP contribution in [0.3, 0.4) is 0 Å². The van der Waals surface area contributed by atoms with Crippen LogP contribution in [0.2, 0.25) is 0 Å². The third kappa shape index (κ3) is 5.62. The average molecular weight is 473 g/mol. The lowest BCUT2D eigenvalue weighted by atomic mass is 9.88. The van der Waals surface area contributed by atoms with E-state index in [2.05, 4.69) is 32.8 Å². The van der Waals surface area contributed by atoms with Crippen LogP contribution >= 0.6 is 24.0 Å². The SMILES string of the molecule is CN=C(NCc1ccn(C)c1)NC1CCN(C(=O)C2CCCCC2)C1.I. The highest BCUT2D eigenvalue weighted by Gasteiger charge is 2.31. The van der Waals surface area contributed by atoms with Crippen molar-refractivity contribution in [1.29, 1.82) is 0 Å². The van der Waals surface area contributed by atoms with Crippen molar-refractivity contribution < 1.29 is 4.79 Å². The zero-order valence-corrected chi connectivity index (χ0v) is 18.2. The van der Waals surface area contributed by atoms with E-state index in [1.54, 1.807) is 7.05 Å². The summed E-state index contributed by atoms with van der Waals surface area (Å²) < 4.78 is 2.04. The van der Waals surface area contributed by atoms with Crippen LogP contribution in [0.25, 0.3) is 0 Å². The van der Waals surface area contributed by atoms with Gasteiger partial charge in [0.05, 0.1) is 0 Å². The summed E-state index contributed by atoms with van der Waals surface area (Å²) in [6, 6.07) is 2.38. The highest BCUT2D eigenvalue weighted by molar-refractivity contribution is 14.0. The van der Waals surface area contributed by atoms with Crippen LogP contribution in [0.1, 0.15) is 44.1 Å². The summed E-state index contributed by atoms with van der Waals surface area (Å²) in [7, 11) is 3.81. The summed E-state index contributed by atoms with van der Waals surface area (Å²) in [6.45, 7) is 2.40. The molecule has 1 aliphatic carbocycles. The predicted octanol–water partition coefficient (Wildman–Crippen LogP) is 2.49. The molecule has 0 aromatic carbocycles. The predicted molar refractivity (Wildman–Crippen MR) is 116 cm³/mol. The van der Waals surface area contributed by atoms with Gasteiger partial charge in [-0.2, -0.15) is 0 Å². The van der Waals surface area contributed by atoms with Crippen LogP contribution < -0.4 is 10.6 Å². The molecule has 1 aromatic heterocycles. The summed E-state index contributed by atoms with van der Waals surface area (Å²) in [4.78, 5) is 19.0. The fourth-order valence-electron chi connectivity index (χ4n) is 3.93. The van der Waals surface area contributed by atoms with E-state index in [-0.39, 0.29) is 35.9 Å². The molecule has 26 heavy (non-hydrogen) atoms. The van der Waals surface area contributed by atoms with Crippen molar-refractivity contribution in [1.82, 2.24) is 20.1 Å². The first-order valence-electron chi connectivity index (χ1n) is 9.52. The van der Waals surface area contributed by atoms with Gasteiger partial charge in [-0.05, 0) is 30.9 Å². The molecular weight excluding hydrogens is 441 g/mol. The molecule has 1 saturated heterocycles. The number of carbonyl (C=O) groups is 1. The summed E-state index contributed by atoms with van der Waals surface area (Å²) in [5.41, 5.74) is 1.23. The number of aromatic nitrogens is 1. The van der Waals surface area contributed by atoms with Crippen LogP contribution in [0, 0.1) is 5.92 Å². The van der Waals surface area contributed by atoms with E-state index in [1.165, 1.54) is 24.8 Å². The van der Waals surface area contributed by atoms with E-state index >= 15 is 0 Å². The Bertz CT molecular complexity index is 609. The number of likely N-dealkylation sites (tertiary alicyclic amines) is 1. The molecule has 1 unspecified atom stereocenters. The van der Waals surface area contributed by atoms with Gasteiger partial charge in [-0.3, -0.25) is 9.79 Å². The van der Waals surface area contributed by atoms with Crippen molar-refractivity contribution in [2.75, 3.05) is 20.1 Å². The second kappa shape index (κ2) is 10.2. The Labute approximate surface area is 173 Å². The summed E-state index contributed by atoms with van der Waals surface area (Å²) in [5.74, 6) is 1.44. The fourth-order valence-corrected chi connectivity index (χ4v) is 3.93. The highest BCUT2D eigenvalue weighted by Crippen LogP contribution is 2.26. The quantitative estimate of drug-likeness (QED) is 0.402. The minimum atomic E-state index is 0. The van der Waals surface area contributed by atoms with Gasteiger partial charge in [0.2, 0.25) is 5.91 Å². The number of nitrogens with one attached hydrogen (secondary N) is 2. The molecule has 2 aliphatic rings. The molecule has 0 radical (unpaired) electrons. The lowest BCUT2D eigenvalue weighted by Crippen LogP contribution is -2.45. The molecule has 0 bridgehead atoms. The van der Waals surface area contributed by atoms with Crippen molar-refractivity contribution in [3.63, 3.8) is 0 Å². The van der Waals surface area contributed by atoms with E-state index in [4.69, 9.17) is 0 Å². The Morgan fingerprint density at radius 2 is 2.04 bits per heavy atom. The van der Waals surface area contributed by atoms with Gasteiger partial charge in [-0.25, -0.2) is 0 Å². The van der Waals surface area contributed by atoms with E-state index in [0.29, 0.717) is 5.91 Å².